The molecule has 3 aromatic rings. The second-order valence-electron chi connectivity index (χ2n) is 7.74. The summed E-state index contributed by atoms with van der Waals surface area (Å²) in [5.74, 6) is -1.70. The van der Waals surface area contributed by atoms with Gasteiger partial charge in [-0.25, -0.2) is 4.79 Å². The zero-order valence-electron chi connectivity index (χ0n) is 18.6. The van der Waals surface area contributed by atoms with Crippen molar-refractivity contribution in [2.45, 2.75) is 26.4 Å². The molecule has 0 bridgehead atoms. The molecule has 0 aliphatic heterocycles. The molecular weight excluding hydrogens is 416 g/mol. The lowest BCUT2D eigenvalue weighted by Gasteiger charge is -2.12. The van der Waals surface area contributed by atoms with Gasteiger partial charge in [-0.1, -0.05) is 60.2 Å². The van der Waals surface area contributed by atoms with E-state index in [1.54, 1.807) is 25.1 Å². The number of aromatic nitrogens is 1. The zero-order valence-corrected chi connectivity index (χ0v) is 18.6. The summed E-state index contributed by atoms with van der Waals surface area (Å²) in [6.07, 6.45) is 6.79. The summed E-state index contributed by atoms with van der Waals surface area (Å²) in [7, 11) is 0. The van der Waals surface area contributed by atoms with Crippen molar-refractivity contribution in [3.8, 4) is 0 Å². The van der Waals surface area contributed by atoms with E-state index in [1.165, 1.54) is 6.08 Å². The van der Waals surface area contributed by atoms with Crippen molar-refractivity contribution in [2.24, 2.45) is 0 Å². The minimum atomic E-state index is -1.17. The van der Waals surface area contributed by atoms with Crippen molar-refractivity contribution in [2.75, 3.05) is 0 Å². The fourth-order valence-corrected chi connectivity index (χ4v) is 3.36. The number of carbonyl (C=O) groups is 3. The van der Waals surface area contributed by atoms with Gasteiger partial charge in [0.15, 0.2) is 0 Å². The van der Waals surface area contributed by atoms with Crippen LogP contribution in [-0.2, 0) is 11.3 Å². The number of allylic oxidation sites excluding steroid dienone is 1. The minimum Gasteiger partial charge on any atom is -0.479 e. The van der Waals surface area contributed by atoms with Crippen molar-refractivity contribution in [3.05, 3.63) is 113 Å². The van der Waals surface area contributed by atoms with Crippen molar-refractivity contribution in [1.29, 1.82) is 0 Å². The number of hydrogen-bond acceptors (Lipinski definition) is 3. The summed E-state index contributed by atoms with van der Waals surface area (Å²) in [4.78, 5) is 36.6. The van der Waals surface area contributed by atoms with Crippen LogP contribution in [0, 0.1) is 13.8 Å². The summed E-state index contributed by atoms with van der Waals surface area (Å²) in [6.45, 7) is 7.69. The van der Waals surface area contributed by atoms with Crippen LogP contribution in [0.1, 0.15) is 43.1 Å². The van der Waals surface area contributed by atoms with Gasteiger partial charge in [-0.3, -0.25) is 9.59 Å². The first kappa shape index (κ1) is 23.5. The highest BCUT2D eigenvalue weighted by molar-refractivity contribution is 6.08. The average Bonchev–Trinajstić information content (AvgIpc) is 3.26. The topological polar surface area (TPSA) is 88.4 Å². The Balaban J connectivity index is 1.73. The second kappa shape index (κ2) is 10.4. The van der Waals surface area contributed by atoms with Crippen molar-refractivity contribution < 1.29 is 19.5 Å². The summed E-state index contributed by atoms with van der Waals surface area (Å²) >= 11 is 0. The van der Waals surface area contributed by atoms with Crippen LogP contribution in [0.3, 0.4) is 0 Å². The van der Waals surface area contributed by atoms with Crippen LogP contribution >= 0.6 is 0 Å². The lowest BCUT2D eigenvalue weighted by molar-refractivity contribution is -0.137. The number of ketones is 1. The lowest BCUT2D eigenvalue weighted by Crippen LogP contribution is -2.39. The van der Waals surface area contributed by atoms with E-state index >= 15 is 0 Å². The van der Waals surface area contributed by atoms with Gasteiger partial charge in [0, 0.05) is 23.9 Å². The van der Waals surface area contributed by atoms with E-state index in [0.717, 1.165) is 16.7 Å². The first-order chi connectivity index (χ1) is 15.8. The van der Waals surface area contributed by atoms with Gasteiger partial charge >= 0.3 is 5.97 Å². The molecule has 0 saturated carbocycles. The maximum atomic E-state index is 12.9. The number of amides is 1. The van der Waals surface area contributed by atoms with Crippen LogP contribution in [0.15, 0.2) is 79.5 Å². The molecule has 0 aliphatic rings. The van der Waals surface area contributed by atoms with Crippen LogP contribution in [0.2, 0.25) is 0 Å². The average molecular weight is 443 g/mol. The third-order valence-electron chi connectivity index (χ3n) is 5.28. The molecule has 2 aromatic carbocycles. The van der Waals surface area contributed by atoms with Gasteiger partial charge in [0.1, 0.15) is 6.04 Å². The number of hydrogen-bond donors (Lipinski definition) is 2. The molecule has 1 heterocycles. The predicted octanol–water partition coefficient (Wildman–Crippen LogP) is 4.42. The Bertz CT molecular complexity index is 1220. The van der Waals surface area contributed by atoms with E-state index in [1.807, 2.05) is 66.2 Å². The van der Waals surface area contributed by atoms with Crippen molar-refractivity contribution in [1.82, 2.24) is 9.88 Å². The van der Waals surface area contributed by atoms with E-state index < -0.39 is 17.9 Å². The number of carboxylic acids is 1. The maximum Gasteiger partial charge on any atom is 0.330 e. The molecule has 1 aromatic heterocycles. The van der Waals surface area contributed by atoms with Crippen LogP contribution in [0.5, 0.6) is 0 Å². The summed E-state index contributed by atoms with van der Waals surface area (Å²) in [5, 5.41) is 11.6. The molecule has 33 heavy (non-hydrogen) atoms. The van der Waals surface area contributed by atoms with Gasteiger partial charge in [0.2, 0.25) is 5.78 Å². The van der Waals surface area contributed by atoms with Gasteiger partial charge in [0.05, 0.1) is 5.69 Å². The highest BCUT2D eigenvalue weighted by Gasteiger charge is 2.18. The summed E-state index contributed by atoms with van der Waals surface area (Å²) < 4.78 is 1.86. The van der Waals surface area contributed by atoms with Crippen LogP contribution in [0.25, 0.3) is 6.08 Å². The molecular formula is C27H26N2O4. The molecule has 0 spiro atoms. The quantitative estimate of drug-likeness (QED) is 0.379. The van der Waals surface area contributed by atoms with E-state index in [4.69, 9.17) is 5.11 Å². The van der Waals surface area contributed by atoms with Gasteiger partial charge in [-0.05, 0) is 43.2 Å². The summed E-state index contributed by atoms with van der Waals surface area (Å²) in [6, 6.07) is 15.3. The van der Waals surface area contributed by atoms with Crippen molar-refractivity contribution in [3.63, 3.8) is 0 Å². The van der Waals surface area contributed by atoms with E-state index in [9.17, 15) is 14.4 Å². The molecule has 6 heteroatoms. The smallest absolute Gasteiger partial charge is 0.330 e. The standard InChI is InChI=1S/C27H26N2O4/c1-4-23(27(32)33)28-26(31)22-17-20(12-11-19(22)3)7-5-15-29-16-6-8-24(29)25(30)21-13-9-18(2)10-14-21/h4-14,16-17,23H,1,15H2,2-3H3,(H,28,31)(H,32,33)/b7-5+/t23-/m0/s1. The Hall–Kier alpha value is -4.19. The Labute approximate surface area is 192 Å². The Morgan fingerprint density at radius 3 is 2.48 bits per heavy atom. The third-order valence-corrected chi connectivity index (χ3v) is 5.28. The summed E-state index contributed by atoms with van der Waals surface area (Å²) in [5.41, 5.74) is 4.24. The number of rotatable bonds is 9. The number of aliphatic carboxylic acids is 1. The first-order valence-electron chi connectivity index (χ1n) is 10.5. The van der Waals surface area contributed by atoms with Crippen LogP contribution in [0.4, 0.5) is 0 Å². The molecule has 0 aliphatic carbocycles. The van der Waals surface area contributed by atoms with E-state index in [-0.39, 0.29) is 5.78 Å². The molecule has 3 rings (SSSR count). The molecule has 2 N–H and O–H groups in total. The lowest BCUT2D eigenvalue weighted by atomic mass is 10.0. The maximum absolute atomic E-state index is 12.9. The largest absolute Gasteiger partial charge is 0.479 e. The normalized spacial score (nSPS) is 11.8. The molecule has 168 valence electrons. The number of aryl methyl sites for hydroxylation is 2. The molecule has 0 unspecified atom stereocenters. The molecule has 1 amide bonds. The van der Waals surface area contributed by atoms with E-state index in [0.29, 0.717) is 23.4 Å². The second-order valence-corrected chi connectivity index (χ2v) is 7.74. The van der Waals surface area contributed by atoms with Crippen LogP contribution in [-0.4, -0.2) is 33.4 Å². The number of benzene rings is 2. The van der Waals surface area contributed by atoms with Crippen molar-refractivity contribution >= 4 is 23.7 Å². The van der Waals surface area contributed by atoms with Gasteiger partial charge in [-0.15, -0.1) is 6.58 Å². The first-order valence-corrected chi connectivity index (χ1v) is 10.5. The number of nitrogens with one attached hydrogen (secondary N) is 1. The minimum absolute atomic E-state index is 0.0436. The molecule has 0 radical (unpaired) electrons. The predicted molar refractivity (Wildman–Crippen MR) is 128 cm³/mol. The molecule has 1 atom stereocenters. The molecule has 6 nitrogen and oxygen atoms in total. The zero-order chi connectivity index (χ0) is 24.0. The molecule has 0 fully saturated rings. The number of carboxylic acid groups (broad SMARTS) is 1. The van der Waals surface area contributed by atoms with Gasteiger partial charge < -0.3 is 15.0 Å². The third kappa shape index (κ3) is 5.74. The fourth-order valence-electron chi connectivity index (χ4n) is 3.36. The number of nitrogens with zero attached hydrogens (tertiary/aromatic N) is 1. The van der Waals surface area contributed by atoms with Gasteiger partial charge in [-0.2, -0.15) is 0 Å². The highest BCUT2D eigenvalue weighted by Crippen LogP contribution is 2.15. The monoisotopic (exact) mass is 442 g/mol. The Morgan fingerprint density at radius 2 is 1.82 bits per heavy atom. The number of carbonyl (C=O) groups excluding carboxylic acids is 2. The van der Waals surface area contributed by atoms with Crippen LogP contribution < -0.4 is 5.32 Å². The van der Waals surface area contributed by atoms with E-state index in [2.05, 4.69) is 11.9 Å². The Kier molecular flexibility index (Phi) is 7.41. The van der Waals surface area contributed by atoms with Gasteiger partial charge in [0.25, 0.3) is 5.91 Å². The SMILES string of the molecule is C=C[C@H](NC(=O)c1cc(/C=C/Cn2cccc2C(=O)c2ccc(C)cc2)ccc1C)C(=O)O. The highest BCUT2D eigenvalue weighted by atomic mass is 16.4. The fraction of sp³-hybridized carbons (Fsp3) is 0.148. The molecule has 0 saturated heterocycles. The Morgan fingerprint density at radius 1 is 1.09 bits per heavy atom.